The van der Waals surface area contributed by atoms with Crippen LogP contribution in [0.2, 0.25) is 0 Å². The van der Waals surface area contributed by atoms with Crippen molar-refractivity contribution >= 4 is 5.91 Å². The Kier molecular flexibility index (Phi) is 5.00. The Labute approximate surface area is 181 Å². The van der Waals surface area contributed by atoms with Crippen LogP contribution in [0.1, 0.15) is 47.9 Å². The quantitative estimate of drug-likeness (QED) is 0.705. The van der Waals surface area contributed by atoms with Gasteiger partial charge in [0.05, 0.1) is 5.69 Å². The van der Waals surface area contributed by atoms with E-state index in [0.29, 0.717) is 37.2 Å². The molecule has 1 N–H and O–H groups in total. The lowest BCUT2D eigenvalue weighted by Gasteiger charge is -2.42. The second-order valence-corrected chi connectivity index (χ2v) is 9.37. The lowest BCUT2D eigenvalue weighted by atomic mass is 9.83. The summed E-state index contributed by atoms with van der Waals surface area (Å²) < 4.78 is 1.89. The number of carbonyl (C=O) groups is 1. The van der Waals surface area contributed by atoms with Gasteiger partial charge in [-0.1, -0.05) is 44.2 Å². The second kappa shape index (κ2) is 7.84. The van der Waals surface area contributed by atoms with Gasteiger partial charge in [0.25, 0.3) is 11.5 Å². The van der Waals surface area contributed by atoms with Gasteiger partial charge in [0.15, 0.2) is 0 Å². The van der Waals surface area contributed by atoms with Gasteiger partial charge in [-0.25, -0.2) is 0 Å². The molecule has 2 atom stereocenters. The minimum atomic E-state index is -0.0170. The molecule has 2 aromatic heterocycles. The van der Waals surface area contributed by atoms with E-state index < -0.39 is 0 Å². The van der Waals surface area contributed by atoms with Gasteiger partial charge < -0.3 is 9.47 Å². The van der Waals surface area contributed by atoms with Crippen molar-refractivity contribution in [3.63, 3.8) is 0 Å². The van der Waals surface area contributed by atoms with Gasteiger partial charge in [-0.3, -0.25) is 14.7 Å². The minimum absolute atomic E-state index is 0.0170. The number of hydrogen-bond donors (Lipinski definition) is 1. The van der Waals surface area contributed by atoms with Crippen LogP contribution in [0.5, 0.6) is 0 Å². The number of H-pyrrole nitrogens is 1. The summed E-state index contributed by atoms with van der Waals surface area (Å²) >= 11 is 0. The van der Waals surface area contributed by atoms with Crippen molar-refractivity contribution in [2.45, 2.75) is 39.2 Å². The number of piperidine rings is 1. The zero-order valence-electron chi connectivity index (χ0n) is 18.0. The average molecular weight is 417 g/mol. The summed E-state index contributed by atoms with van der Waals surface area (Å²) in [4.78, 5) is 27.3. The first-order chi connectivity index (χ1) is 15.0. The third-order valence-electron chi connectivity index (χ3n) is 6.47. The molecule has 0 spiro atoms. The molecule has 31 heavy (non-hydrogen) atoms. The molecule has 0 aliphatic carbocycles. The molecular formula is C25H28N4O2. The Morgan fingerprint density at radius 2 is 1.94 bits per heavy atom. The highest BCUT2D eigenvalue weighted by atomic mass is 16.2. The number of hydrogen-bond acceptors (Lipinski definition) is 3. The number of pyridine rings is 1. The molecule has 0 radical (unpaired) electrons. The number of rotatable bonds is 4. The van der Waals surface area contributed by atoms with Crippen molar-refractivity contribution in [3.05, 3.63) is 75.8 Å². The van der Waals surface area contributed by atoms with Crippen LogP contribution in [0.3, 0.4) is 0 Å². The first-order valence-electron chi connectivity index (χ1n) is 11.1. The second-order valence-electron chi connectivity index (χ2n) is 9.37. The fourth-order valence-electron chi connectivity index (χ4n) is 5.09. The molecule has 1 amide bonds. The van der Waals surface area contributed by atoms with Crippen LogP contribution in [-0.4, -0.2) is 38.7 Å². The Bertz CT molecular complexity index is 1160. The normalized spacial score (nSPS) is 20.0. The number of benzene rings is 1. The molecule has 1 aromatic carbocycles. The summed E-state index contributed by atoms with van der Waals surface area (Å²) in [6.45, 7) is 6.42. The number of fused-ring (bicyclic) bond motifs is 4. The van der Waals surface area contributed by atoms with E-state index in [1.165, 1.54) is 5.56 Å². The fourth-order valence-corrected chi connectivity index (χ4v) is 5.09. The summed E-state index contributed by atoms with van der Waals surface area (Å²) in [5, 5.41) is 7.34. The molecule has 2 aliphatic rings. The standard InChI is InChI=1S/C25H28N4O2/c1-16(2)10-17-6-8-19(9-7-17)21-12-22(27-26-21)25(31)28-13-18-11-20(15-28)23-4-3-5-24(30)29(23)14-18/h3-9,12,16,18,20H,10-11,13-15H2,1-2H3,(H,26,27). The molecule has 3 aromatic rings. The van der Waals surface area contributed by atoms with Gasteiger partial charge in [0.1, 0.15) is 5.69 Å². The monoisotopic (exact) mass is 416 g/mol. The predicted octanol–water partition coefficient (Wildman–Crippen LogP) is 3.70. The van der Waals surface area contributed by atoms with Crippen molar-refractivity contribution in [2.75, 3.05) is 13.1 Å². The molecule has 1 fully saturated rings. The molecule has 0 saturated carbocycles. The Morgan fingerprint density at radius 1 is 1.13 bits per heavy atom. The predicted molar refractivity (Wildman–Crippen MR) is 120 cm³/mol. The molecule has 2 aliphatic heterocycles. The molecule has 6 nitrogen and oxygen atoms in total. The molecule has 2 unspecified atom stereocenters. The van der Waals surface area contributed by atoms with E-state index in [1.54, 1.807) is 6.07 Å². The van der Waals surface area contributed by atoms with Crippen molar-refractivity contribution < 1.29 is 4.79 Å². The van der Waals surface area contributed by atoms with Crippen LogP contribution in [0.4, 0.5) is 0 Å². The summed E-state index contributed by atoms with van der Waals surface area (Å²) in [5.41, 5.74) is 4.73. The Morgan fingerprint density at radius 3 is 2.71 bits per heavy atom. The van der Waals surface area contributed by atoms with Crippen molar-refractivity contribution in [1.29, 1.82) is 0 Å². The topological polar surface area (TPSA) is 71.0 Å². The zero-order chi connectivity index (χ0) is 21.5. The van der Waals surface area contributed by atoms with Crippen molar-refractivity contribution in [2.24, 2.45) is 11.8 Å². The molecule has 160 valence electrons. The SMILES string of the molecule is CC(C)Cc1ccc(-c2cc(C(=O)N3CC4CC(C3)c3cccc(=O)n3C4)[nH]n2)cc1. The summed E-state index contributed by atoms with van der Waals surface area (Å²) in [5.74, 6) is 1.12. The highest BCUT2D eigenvalue weighted by Crippen LogP contribution is 2.35. The van der Waals surface area contributed by atoms with Gasteiger partial charge in [-0.05, 0) is 42.4 Å². The number of nitrogens with one attached hydrogen (secondary N) is 1. The van der Waals surface area contributed by atoms with Crippen molar-refractivity contribution in [3.8, 4) is 11.3 Å². The Balaban J connectivity index is 1.33. The van der Waals surface area contributed by atoms with Crippen LogP contribution in [0.25, 0.3) is 11.3 Å². The first-order valence-corrected chi connectivity index (χ1v) is 11.1. The molecule has 2 bridgehead atoms. The van der Waals surface area contributed by atoms with Gasteiger partial charge in [-0.2, -0.15) is 5.10 Å². The summed E-state index contributed by atoms with van der Waals surface area (Å²) in [6.07, 6.45) is 2.08. The highest BCUT2D eigenvalue weighted by molar-refractivity contribution is 5.93. The molecule has 4 heterocycles. The van der Waals surface area contributed by atoms with E-state index in [4.69, 9.17) is 0 Å². The number of aromatic amines is 1. The van der Waals surface area contributed by atoms with E-state index in [1.807, 2.05) is 27.7 Å². The number of amides is 1. The summed E-state index contributed by atoms with van der Waals surface area (Å²) in [7, 11) is 0. The largest absolute Gasteiger partial charge is 0.336 e. The van der Waals surface area contributed by atoms with Gasteiger partial charge in [-0.15, -0.1) is 0 Å². The highest BCUT2D eigenvalue weighted by Gasteiger charge is 2.36. The summed E-state index contributed by atoms with van der Waals surface area (Å²) in [6, 6.07) is 15.7. The van der Waals surface area contributed by atoms with Crippen LogP contribution in [0, 0.1) is 11.8 Å². The third-order valence-corrected chi connectivity index (χ3v) is 6.47. The number of aromatic nitrogens is 3. The maximum Gasteiger partial charge on any atom is 0.271 e. The first kappa shape index (κ1) is 19.8. The molecule has 6 heteroatoms. The van der Waals surface area contributed by atoms with Crippen LogP contribution < -0.4 is 5.56 Å². The zero-order valence-corrected chi connectivity index (χ0v) is 18.0. The van der Waals surface area contributed by atoms with Gasteiger partial charge in [0, 0.05) is 42.9 Å². The maximum atomic E-state index is 13.2. The number of carbonyl (C=O) groups excluding carboxylic acids is 1. The van der Waals surface area contributed by atoms with Gasteiger partial charge in [0.2, 0.25) is 0 Å². The number of nitrogens with zero attached hydrogens (tertiary/aromatic N) is 3. The molecule has 5 rings (SSSR count). The van der Waals surface area contributed by atoms with E-state index >= 15 is 0 Å². The smallest absolute Gasteiger partial charge is 0.271 e. The van der Waals surface area contributed by atoms with E-state index in [-0.39, 0.29) is 17.4 Å². The Hall–Kier alpha value is -3.15. The average Bonchev–Trinajstić information content (AvgIpc) is 3.24. The minimum Gasteiger partial charge on any atom is -0.336 e. The van der Waals surface area contributed by atoms with Crippen LogP contribution in [-0.2, 0) is 13.0 Å². The van der Waals surface area contributed by atoms with E-state index in [0.717, 1.165) is 29.8 Å². The van der Waals surface area contributed by atoms with E-state index in [9.17, 15) is 9.59 Å². The molecule has 1 saturated heterocycles. The van der Waals surface area contributed by atoms with Crippen LogP contribution >= 0.6 is 0 Å². The number of likely N-dealkylation sites (tertiary alicyclic amines) is 1. The third kappa shape index (κ3) is 3.82. The lowest BCUT2D eigenvalue weighted by Crippen LogP contribution is -2.49. The van der Waals surface area contributed by atoms with Gasteiger partial charge >= 0.3 is 0 Å². The maximum absolute atomic E-state index is 13.2. The van der Waals surface area contributed by atoms with Crippen molar-refractivity contribution in [1.82, 2.24) is 19.7 Å². The van der Waals surface area contributed by atoms with Crippen LogP contribution in [0.15, 0.2) is 53.3 Å². The molecular weight excluding hydrogens is 388 g/mol. The fraction of sp³-hybridized carbons (Fsp3) is 0.400. The lowest BCUT2D eigenvalue weighted by molar-refractivity contribution is 0.0588. The van der Waals surface area contributed by atoms with E-state index in [2.05, 4.69) is 48.3 Å².